The van der Waals surface area contributed by atoms with E-state index in [4.69, 9.17) is 10.5 Å². The molecule has 8 heteroatoms. The van der Waals surface area contributed by atoms with Crippen molar-refractivity contribution in [2.75, 3.05) is 31.8 Å². The molecule has 0 bridgehead atoms. The van der Waals surface area contributed by atoms with Gasteiger partial charge in [-0.15, -0.1) is 0 Å². The molecule has 0 unspecified atom stereocenters. The number of aromatic nitrogens is 2. The maximum Gasteiger partial charge on any atom is 0.265 e. The fraction of sp³-hybridized carbons (Fsp3) is 0.308. The van der Waals surface area contributed by atoms with E-state index in [-0.39, 0.29) is 11.7 Å². The number of nitrogens with one attached hydrogen (secondary N) is 1. The predicted molar refractivity (Wildman–Crippen MR) is 82.8 cm³/mol. The van der Waals surface area contributed by atoms with E-state index in [1.165, 1.54) is 11.3 Å². The van der Waals surface area contributed by atoms with Crippen LogP contribution >= 0.6 is 11.3 Å². The number of rotatable bonds is 5. The number of anilines is 2. The van der Waals surface area contributed by atoms with Crippen molar-refractivity contribution >= 4 is 28.2 Å². The summed E-state index contributed by atoms with van der Waals surface area (Å²) in [6.07, 6.45) is 1.65. The van der Waals surface area contributed by atoms with E-state index < -0.39 is 0 Å². The summed E-state index contributed by atoms with van der Waals surface area (Å²) < 4.78 is 4.98. The Morgan fingerprint density at radius 1 is 1.48 bits per heavy atom. The molecule has 0 radical (unpaired) electrons. The van der Waals surface area contributed by atoms with Gasteiger partial charge in [-0.1, -0.05) is 17.4 Å². The maximum atomic E-state index is 12.1. The van der Waals surface area contributed by atoms with Gasteiger partial charge in [-0.2, -0.15) is 0 Å². The molecule has 0 saturated heterocycles. The topological polar surface area (TPSA) is 93.4 Å². The van der Waals surface area contributed by atoms with E-state index in [9.17, 15) is 4.79 Å². The number of nitrogens with zero attached hydrogens (tertiary/aromatic N) is 3. The molecule has 1 amide bonds. The van der Waals surface area contributed by atoms with Crippen molar-refractivity contribution in [1.82, 2.24) is 15.3 Å². The number of ether oxygens (including phenoxy) is 1. The van der Waals surface area contributed by atoms with Crippen LogP contribution in [0.2, 0.25) is 0 Å². The van der Waals surface area contributed by atoms with Crippen LogP contribution in [0.5, 0.6) is 5.88 Å². The summed E-state index contributed by atoms with van der Waals surface area (Å²) in [6, 6.07) is 3.58. The van der Waals surface area contributed by atoms with Crippen LogP contribution in [0, 0.1) is 0 Å². The molecule has 112 valence electrons. The van der Waals surface area contributed by atoms with Gasteiger partial charge in [-0.25, -0.2) is 9.97 Å². The highest BCUT2D eigenvalue weighted by Crippen LogP contribution is 2.26. The normalized spacial score (nSPS) is 10.2. The number of nitrogen functional groups attached to an aromatic ring is 1. The van der Waals surface area contributed by atoms with E-state index in [1.54, 1.807) is 19.4 Å². The first-order valence-electron chi connectivity index (χ1n) is 6.22. The minimum atomic E-state index is -0.242. The number of methoxy groups -OCH3 is 1. The summed E-state index contributed by atoms with van der Waals surface area (Å²) in [7, 11) is 5.25. The van der Waals surface area contributed by atoms with E-state index in [1.807, 2.05) is 25.1 Å². The van der Waals surface area contributed by atoms with Gasteiger partial charge in [0.05, 0.1) is 7.11 Å². The van der Waals surface area contributed by atoms with E-state index in [2.05, 4.69) is 15.3 Å². The maximum absolute atomic E-state index is 12.1. The van der Waals surface area contributed by atoms with Gasteiger partial charge in [0, 0.05) is 32.9 Å². The third-order valence-electron chi connectivity index (χ3n) is 2.69. The molecule has 2 aromatic heterocycles. The van der Waals surface area contributed by atoms with Crippen molar-refractivity contribution in [2.24, 2.45) is 0 Å². The number of hydrogen-bond donors (Lipinski definition) is 2. The lowest BCUT2D eigenvalue weighted by Gasteiger charge is -2.05. The van der Waals surface area contributed by atoms with Gasteiger partial charge >= 0.3 is 0 Å². The summed E-state index contributed by atoms with van der Waals surface area (Å²) in [5.41, 5.74) is 6.64. The summed E-state index contributed by atoms with van der Waals surface area (Å²) in [5.74, 6) is 0.537. The molecule has 0 aliphatic heterocycles. The molecule has 2 heterocycles. The minimum Gasteiger partial charge on any atom is -0.481 e. The van der Waals surface area contributed by atoms with Gasteiger partial charge in [0.1, 0.15) is 10.7 Å². The molecule has 3 N–H and O–H groups in total. The van der Waals surface area contributed by atoms with Crippen LogP contribution in [0.25, 0.3) is 0 Å². The summed E-state index contributed by atoms with van der Waals surface area (Å²) in [4.78, 5) is 22.6. The highest BCUT2D eigenvalue weighted by Gasteiger charge is 2.16. The molecule has 0 aromatic carbocycles. The molecule has 7 nitrogen and oxygen atoms in total. The first-order valence-corrected chi connectivity index (χ1v) is 7.03. The molecule has 0 aliphatic carbocycles. The average molecular weight is 307 g/mol. The zero-order valence-corrected chi connectivity index (χ0v) is 12.9. The molecule has 0 spiro atoms. The molecular weight excluding hydrogens is 290 g/mol. The van der Waals surface area contributed by atoms with Crippen molar-refractivity contribution in [3.05, 3.63) is 28.8 Å². The van der Waals surface area contributed by atoms with E-state index >= 15 is 0 Å². The van der Waals surface area contributed by atoms with Gasteiger partial charge in [0.2, 0.25) is 5.88 Å². The van der Waals surface area contributed by atoms with Gasteiger partial charge in [0.25, 0.3) is 5.91 Å². The predicted octanol–water partition coefficient (Wildman–Crippen LogP) is 1.12. The summed E-state index contributed by atoms with van der Waals surface area (Å²) in [5, 5.41) is 3.50. The van der Waals surface area contributed by atoms with Crippen LogP contribution in [0.3, 0.4) is 0 Å². The monoisotopic (exact) mass is 307 g/mol. The molecule has 0 aliphatic rings. The lowest BCUT2D eigenvalue weighted by molar-refractivity contribution is 0.0955. The van der Waals surface area contributed by atoms with Gasteiger partial charge < -0.3 is 20.7 Å². The number of thiazole rings is 1. The number of nitrogens with two attached hydrogens (primary N) is 1. The Morgan fingerprint density at radius 2 is 2.24 bits per heavy atom. The molecule has 0 saturated carbocycles. The highest BCUT2D eigenvalue weighted by atomic mass is 32.1. The van der Waals surface area contributed by atoms with Crippen molar-refractivity contribution in [1.29, 1.82) is 0 Å². The van der Waals surface area contributed by atoms with Crippen molar-refractivity contribution in [3.8, 4) is 5.88 Å². The van der Waals surface area contributed by atoms with E-state index in [0.717, 1.165) is 5.56 Å². The minimum absolute atomic E-state index is 0.242. The third kappa shape index (κ3) is 3.60. The van der Waals surface area contributed by atoms with Crippen molar-refractivity contribution in [2.45, 2.75) is 6.54 Å². The Balaban J connectivity index is 2.01. The summed E-state index contributed by atoms with van der Waals surface area (Å²) in [6.45, 7) is 0.366. The first-order chi connectivity index (χ1) is 10.0. The standard InChI is InChI=1S/C13H17N5O2S/c1-18(2)13-17-11(14)10(21-13)12(19)16-7-8-4-5-9(20-3)15-6-8/h4-6H,7,14H2,1-3H3,(H,16,19). The molecule has 21 heavy (non-hydrogen) atoms. The second-order valence-corrected chi connectivity index (χ2v) is 5.47. The van der Waals surface area contributed by atoms with Gasteiger partial charge in [-0.05, 0) is 5.56 Å². The molecule has 0 atom stereocenters. The largest absolute Gasteiger partial charge is 0.481 e. The average Bonchev–Trinajstić information content (AvgIpc) is 2.87. The number of carbonyl (C=O) groups is 1. The van der Waals surface area contributed by atoms with Crippen LogP contribution in [-0.4, -0.2) is 37.1 Å². The third-order valence-corrected chi connectivity index (χ3v) is 3.93. The van der Waals surface area contributed by atoms with Crippen molar-refractivity contribution < 1.29 is 9.53 Å². The van der Waals surface area contributed by atoms with Crippen LogP contribution in [0.15, 0.2) is 18.3 Å². The lowest BCUT2D eigenvalue weighted by Crippen LogP contribution is -2.22. The number of hydrogen-bond acceptors (Lipinski definition) is 7. The fourth-order valence-corrected chi connectivity index (χ4v) is 2.40. The first kappa shape index (κ1) is 15.0. The smallest absolute Gasteiger partial charge is 0.265 e. The zero-order chi connectivity index (χ0) is 15.4. The highest BCUT2D eigenvalue weighted by molar-refractivity contribution is 7.18. The number of pyridine rings is 1. The van der Waals surface area contributed by atoms with Gasteiger partial charge in [-0.3, -0.25) is 4.79 Å². The molecule has 2 rings (SSSR count). The second-order valence-electron chi connectivity index (χ2n) is 4.50. The Kier molecular flexibility index (Phi) is 4.59. The van der Waals surface area contributed by atoms with Crippen LogP contribution in [0.4, 0.5) is 10.9 Å². The lowest BCUT2D eigenvalue weighted by atomic mass is 10.3. The number of amides is 1. The molecule has 0 fully saturated rings. The SMILES string of the molecule is COc1ccc(CNC(=O)c2sc(N(C)C)nc2N)cn1. The Hall–Kier alpha value is -2.35. The Morgan fingerprint density at radius 3 is 2.76 bits per heavy atom. The zero-order valence-electron chi connectivity index (χ0n) is 12.1. The molecule has 2 aromatic rings. The van der Waals surface area contributed by atoms with Crippen LogP contribution < -0.4 is 20.7 Å². The number of carbonyl (C=O) groups excluding carboxylic acids is 1. The second kappa shape index (κ2) is 6.40. The quantitative estimate of drug-likeness (QED) is 0.860. The van der Waals surface area contributed by atoms with E-state index in [0.29, 0.717) is 22.4 Å². The Labute approximate surface area is 126 Å². The van der Waals surface area contributed by atoms with Crippen LogP contribution in [0.1, 0.15) is 15.2 Å². The molecular formula is C13H17N5O2S. The van der Waals surface area contributed by atoms with Crippen molar-refractivity contribution in [3.63, 3.8) is 0 Å². The fourth-order valence-electron chi connectivity index (χ4n) is 1.57. The summed E-state index contributed by atoms with van der Waals surface area (Å²) >= 11 is 1.26. The van der Waals surface area contributed by atoms with Crippen LogP contribution in [-0.2, 0) is 6.54 Å². The van der Waals surface area contributed by atoms with Gasteiger partial charge in [0.15, 0.2) is 5.13 Å². The Bertz CT molecular complexity index is 624.